The van der Waals surface area contributed by atoms with Crippen molar-refractivity contribution >= 4 is 44.4 Å². The first kappa shape index (κ1) is 30.6. The van der Waals surface area contributed by atoms with Crippen LogP contribution in [0.5, 0.6) is 0 Å². The summed E-state index contributed by atoms with van der Waals surface area (Å²) in [6, 6.07) is 44.7. The number of allylic oxidation sites excluding steroid dienone is 5. The van der Waals surface area contributed by atoms with Crippen LogP contribution < -0.4 is 0 Å². The summed E-state index contributed by atoms with van der Waals surface area (Å²) in [6.07, 6.45) is 12.6. The molecule has 0 radical (unpaired) electrons. The van der Waals surface area contributed by atoms with Gasteiger partial charge in [0, 0.05) is 45.4 Å². The Balaban J connectivity index is 1.30. The van der Waals surface area contributed by atoms with Gasteiger partial charge in [0.1, 0.15) is 11.3 Å². The monoisotopic (exact) mass is 671 g/mol. The quantitative estimate of drug-likeness (QED) is 0.183. The van der Waals surface area contributed by atoms with Crippen LogP contribution in [0, 0.1) is 11.8 Å². The largest absolute Gasteiger partial charge is 0.460 e. The maximum Gasteiger partial charge on any atom is 0.235 e. The van der Waals surface area contributed by atoms with Crippen molar-refractivity contribution in [3.05, 3.63) is 174 Å². The highest BCUT2D eigenvalue weighted by Gasteiger charge is 2.28. The lowest BCUT2D eigenvalue weighted by Gasteiger charge is -2.24. The number of furan rings is 1. The van der Waals surface area contributed by atoms with Crippen LogP contribution in [-0.2, 0) is 6.42 Å². The van der Waals surface area contributed by atoms with Gasteiger partial charge < -0.3 is 4.42 Å². The second-order valence-electron chi connectivity index (χ2n) is 14.3. The Morgan fingerprint density at radius 3 is 2.02 bits per heavy atom. The molecule has 2 aliphatic carbocycles. The predicted octanol–water partition coefficient (Wildman–Crippen LogP) is 12.2. The molecule has 0 amide bonds. The van der Waals surface area contributed by atoms with Gasteiger partial charge in [-0.15, -0.1) is 0 Å². The smallest absolute Gasteiger partial charge is 0.235 e. The van der Waals surface area contributed by atoms with Crippen LogP contribution in [0.2, 0.25) is 0 Å². The van der Waals surface area contributed by atoms with E-state index in [4.69, 9.17) is 14.4 Å². The zero-order chi connectivity index (χ0) is 34.8. The molecule has 3 heterocycles. The van der Waals surface area contributed by atoms with Crippen molar-refractivity contribution in [2.24, 2.45) is 11.8 Å². The van der Waals surface area contributed by atoms with Crippen molar-refractivity contribution in [3.8, 4) is 28.5 Å². The van der Waals surface area contributed by atoms with Crippen molar-refractivity contribution < 1.29 is 4.42 Å². The topological polar surface area (TPSA) is 43.9 Å². The lowest BCUT2D eigenvalue weighted by Crippen LogP contribution is -2.10. The molecule has 3 unspecified atom stereocenters. The van der Waals surface area contributed by atoms with E-state index in [1.165, 1.54) is 16.7 Å². The lowest BCUT2D eigenvalue weighted by molar-refractivity contribution is 0.515. The second-order valence-corrected chi connectivity index (χ2v) is 14.3. The molecular weight excluding hydrogens is 635 g/mol. The molecule has 2 aliphatic rings. The van der Waals surface area contributed by atoms with Crippen molar-refractivity contribution in [1.29, 1.82) is 0 Å². The molecule has 3 aromatic heterocycles. The average molecular weight is 672 g/mol. The molecule has 8 aromatic rings. The van der Waals surface area contributed by atoms with E-state index in [1.54, 1.807) is 0 Å². The normalized spacial score (nSPS) is 18.3. The summed E-state index contributed by atoms with van der Waals surface area (Å²) in [5, 5.41) is 3.37. The van der Waals surface area contributed by atoms with Crippen LogP contribution in [0.15, 0.2) is 156 Å². The number of para-hydroxylation sites is 1. The fourth-order valence-corrected chi connectivity index (χ4v) is 8.30. The number of hydrogen-bond donors (Lipinski definition) is 0. The zero-order valence-corrected chi connectivity index (χ0v) is 29.2. The third-order valence-corrected chi connectivity index (χ3v) is 10.8. The van der Waals surface area contributed by atoms with Gasteiger partial charge in [-0.3, -0.25) is 4.57 Å². The summed E-state index contributed by atoms with van der Waals surface area (Å²) in [5.41, 5.74) is 11.7. The van der Waals surface area contributed by atoms with Crippen molar-refractivity contribution in [3.63, 3.8) is 0 Å². The summed E-state index contributed by atoms with van der Waals surface area (Å²) < 4.78 is 9.19. The van der Waals surface area contributed by atoms with E-state index in [0.717, 1.165) is 73.0 Å². The zero-order valence-electron chi connectivity index (χ0n) is 29.2. The minimum atomic E-state index is 0.298. The van der Waals surface area contributed by atoms with E-state index in [1.807, 2.05) is 12.1 Å². The number of nitrogens with zero attached hydrogens (tertiary/aromatic N) is 3. The van der Waals surface area contributed by atoms with Crippen molar-refractivity contribution in [2.75, 3.05) is 0 Å². The highest BCUT2D eigenvalue weighted by atomic mass is 16.3. The molecule has 0 saturated heterocycles. The van der Waals surface area contributed by atoms with E-state index < -0.39 is 0 Å². The minimum absolute atomic E-state index is 0.298. The Labute approximate surface area is 303 Å². The number of aromatic nitrogens is 3. The summed E-state index contributed by atoms with van der Waals surface area (Å²) in [5.74, 6) is 2.72. The molecule has 0 aliphatic heterocycles. The van der Waals surface area contributed by atoms with E-state index >= 15 is 0 Å². The number of benzene rings is 5. The lowest BCUT2D eigenvalue weighted by atomic mass is 9.80. The molecule has 3 atom stereocenters. The summed E-state index contributed by atoms with van der Waals surface area (Å²) >= 11 is 0. The molecule has 0 bridgehead atoms. The predicted molar refractivity (Wildman–Crippen MR) is 214 cm³/mol. The van der Waals surface area contributed by atoms with E-state index in [2.05, 4.69) is 164 Å². The molecule has 0 saturated carbocycles. The second kappa shape index (κ2) is 12.2. The summed E-state index contributed by atoms with van der Waals surface area (Å²) in [4.78, 5) is 10.7. The molecule has 5 aromatic carbocycles. The van der Waals surface area contributed by atoms with E-state index in [0.29, 0.717) is 23.7 Å². The van der Waals surface area contributed by atoms with Crippen molar-refractivity contribution in [2.45, 2.75) is 26.2 Å². The first-order chi connectivity index (χ1) is 25.6. The van der Waals surface area contributed by atoms with Crippen LogP contribution in [0.1, 0.15) is 42.2 Å². The minimum Gasteiger partial charge on any atom is -0.460 e. The summed E-state index contributed by atoms with van der Waals surface area (Å²) in [6.45, 7) is 4.58. The molecule has 0 fully saturated rings. The third-order valence-electron chi connectivity index (χ3n) is 10.8. The Morgan fingerprint density at radius 1 is 0.673 bits per heavy atom. The van der Waals surface area contributed by atoms with Crippen LogP contribution >= 0.6 is 0 Å². The Hall–Kier alpha value is -6.26. The van der Waals surface area contributed by atoms with Gasteiger partial charge in [0.2, 0.25) is 5.95 Å². The maximum absolute atomic E-state index is 6.91. The van der Waals surface area contributed by atoms with Crippen LogP contribution in [0.25, 0.3) is 72.9 Å². The Bertz CT molecular complexity index is 2670. The van der Waals surface area contributed by atoms with Crippen LogP contribution in [-0.4, -0.2) is 14.5 Å². The number of hydrogen-bond acceptors (Lipinski definition) is 3. The van der Waals surface area contributed by atoms with E-state index in [9.17, 15) is 0 Å². The van der Waals surface area contributed by atoms with Gasteiger partial charge in [0.05, 0.1) is 27.8 Å². The molecule has 250 valence electrons. The van der Waals surface area contributed by atoms with Crippen molar-refractivity contribution in [1.82, 2.24) is 14.5 Å². The van der Waals surface area contributed by atoms with Gasteiger partial charge in [-0.05, 0) is 41.2 Å². The highest BCUT2D eigenvalue weighted by Crippen LogP contribution is 2.46. The standard InChI is InChI=1S/C48H37N3O/c1-30-22-24-37-40-28-39(35-23-25-36(31(2)27-35)32-14-6-3-7-15-32)46-45(47(40)52-44(37)26-30)38-20-12-13-21-43(38)51(46)48-49-41(33-16-8-4-9-17-33)29-42(50-48)34-18-10-5-11-19-34/h3-25,27-31,36H,26H2,1-2H3. The van der Waals surface area contributed by atoms with Gasteiger partial charge >= 0.3 is 0 Å². The molecule has 4 nitrogen and oxygen atoms in total. The molecule has 0 spiro atoms. The van der Waals surface area contributed by atoms with Gasteiger partial charge in [-0.2, -0.15) is 0 Å². The first-order valence-corrected chi connectivity index (χ1v) is 18.3. The first-order valence-electron chi connectivity index (χ1n) is 18.3. The molecule has 52 heavy (non-hydrogen) atoms. The van der Waals surface area contributed by atoms with Gasteiger partial charge in [-0.1, -0.05) is 153 Å². The van der Waals surface area contributed by atoms with Gasteiger partial charge in [0.25, 0.3) is 0 Å². The number of rotatable bonds is 5. The molecular formula is C48H37N3O. The molecule has 10 rings (SSSR count). The molecule has 4 heteroatoms. The SMILES string of the molecule is CC1C=Cc2c(oc3c2cc(C2=CC(C)C(c4ccccc4)C=C2)c2c3c3ccccc3n2-c2nc(-c3ccccc3)cc(-c3ccccc3)n2)C1. The average Bonchev–Trinajstić information content (AvgIpc) is 3.74. The van der Waals surface area contributed by atoms with E-state index in [-0.39, 0.29) is 0 Å². The summed E-state index contributed by atoms with van der Waals surface area (Å²) in [7, 11) is 0. The van der Waals surface area contributed by atoms with Crippen LogP contribution in [0.3, 0.4) is 0 Å². The third kappa shape index (κ3) is 4.97. The van der Waals surface area contributed by atoms with Crippen LogP contribution in [0.4, 0.5) is 0 Å². The fourth-order valence-electron chi connectivity index (χ4n) is 8.30. The number of fused-ring (bicyclic) bond motifs is 7. The Morgan fingerprint density at radius 2 is 1.33 bits per heavy atom. The van der Waals surface area contributed by atoms with Gasteiger partial charge in [0.15, 0.2) is 0 Å². The fraction of sp³-hybridized carbons (Fsp3) is 0.125. The van der Waals surface area contributed by atoms with Gasteiger partial charge in [-0.25, -0.2) is 9.97 Å². The molecule has 0 N–H and O–H groups in total. The maximum atomic E-state index is 6.91. The highest BCUT2D eigenvalue weighted by molar-refractivity contribution is 6.23. The Kier molecular flexibility index (Phi) is 7.17.